The van der Waals surface area contributed by atoms with Gasteiger partial charge in [0.15, 0.2) is 11.5 Å². The van der Waals surface area contributed by atoms with Crippen LogP contribution in [0.5, 0.6) is 0 Å². The third-order valence-electron chi connectivity index (χ3n) is 7.76. The van der Waals surface area contributed by atoms with Gasteiger partial charge in [0.2, 0.25) is 0 Å². The maximum Gasteiger partial charge on any atom is 0.409 e. The number of urea groups is 1. The van der Waals surface area contributed by atoms with Crippen LogP contribution in [0.1, 0.15) is 39.7 Å². The number of rotatable bonds is 6. The van der Waals surface area contributed by atoms with Crippen LogP contribution in [0.15, 0.2) is 55.0 Å². The van der Waals surface area contributed by atoms with Gasteiger partial charge < -0.3 is 29.9 Å². The van der Waals surface area contributed by atoms with Crippen LogP contribution in [0.4, 0.5) is 26.8 Å². The maximum absolute atomic E-state index is 12.7. The Hall–Kier alpha value is -4.78. The Labute approximate surface area is 261 Å². The molecule has 0 atom stereocenters. The molecular formula is C32H39N9O4. The number of carbonyl (C=O) groups is 2. The van der Waals surface area contributed by atoms with Crippen molar-refractivity contribution in [1.29, 1.82) is 0 Å². The van der Waals surface area contributed by atoms with E-state index in [1.54, 1.807) is 29.4 Å². The van der Waals surface area contributed by atoms with Crippen LogP contribution in [-0.2, 0) is 9.47 Å². The van der Waals surface area contributed by atoms with Gasteiger partial charge in [-0.2, -0.15) is 5.10 Å². The summed E-state index contributed by atoms with van der Waals surface area (Å²) in [5, 5.41) is 11.3. The zero-order valence-electron chi connectivity index (χ0n) is 25.9. The molecule has 0 unspecified atom stereocenters. The van der Waals surface area contributed by atoms with Gasteiger partial charge in [0.05, 0.1) is 49.3 Å². The van der Waals surface area contributed by atoms with Crippen molar-refractivity contribution >= 4 is 40.4 Å². The number of anilines is 3. The van der Waals surface area contributed by atoms with Crippen molar-refractivity contribution in [3.63, 3.8) is 0 Å². The van der Waals surface area contributed by atoms with Crippen molar-refractivity contribution < 1.29 is 19.1 Å². The molecule has 2 N–H and O–H groups in total. The molecule has 0 saturated carbocycles. The molecule has 0 bridgehead atoms. The molecule has 6 rings (SSSR count). The Bertz CT molecular complexity index is 1620. The van der Waals surface area contributed by atoms with Gasteiger partial charge in [-0.15, -0.1) is 0 Å². The van der Waals surface area contributed by atoms with E-state index in [9.17, 15) is 9.59 Å². The van der Waals surface area contributed by atoms with Crippen molar-refractivity contribution in [3.05, 3.63) is 55.0 Å². The van der Waals surface area contributed by atoms with Gasteiger partial charge >= 0.3 is 12.1 Å². The molecule has 13 nitrogen and oxygen atoms in total. The normalized spacial score (nSPS) is 16.1. The van der Waals surface area contributed by atoms with Gasteiger partial charge in [0.1, 0.15) is 5.82 Å². The van der Waals surface area contributed by atoms with E-state index in [-0.39, 0.29) is 23.6 Å². The third kappa shape index (κ3) is 7.31. The summed E-state index contributed by atoms with van der Waals surface area (Å²) >= 11 is 0. The standard InChI is InChI=1S/C32H39N9O4/c1-32(2,3)21-45-31(43)40-13-10-25(11-14-40)41-29-26(20-34-41)28(39-15-17-44-18-16-39)37-27(38-29)22-6-8-23(9-7-22)35-30(42)36-24-5-4-12-33-19-24/h4-9,12,19-20,25H,10-11,13-18,21H2,1-3H3,(H2,35,36,42). The van der Waals surface area contributed by atoms with Gasteiger partial charge in [-0.25, -0.2) is 24.2 Å². The topological polar surface area (TPSA) is 140 Å². The molecule has 4 aromatic rings. The lowest BCUT2D eigenvalue weighted by molar-refractivity contribution is 0.0622. The smallest absolute Gasteiger partial charge is 0.409 e. The summed E-state index contributed by atoms with van der Waals surface area (Å²) in [6.45, 7) is 10.4. The number of carbonyl (C=O) groups excluding carboxylic acids is 2. The average molecular weight is 614 g/mol. The van der Waals surface area contributed by atoms with E-state index in [4.69, 9.17) is 24.5 Å². The molecule has 13 heteroatoms. The Kier molecular flexibility index (Phi) is 8.78. The summed E-state index contributed by atoms with van der Waals surface area (Å²) in [6, 6.07) is 10.7. The van der Waals surface area contributed by atoms with Crippen molar-refractivity contribution in [3.8, 4) is 11.4 Å². The number of fused-ring (bicyclic) bond motifs is 1. The highest BCUT2D eigenvalue weighted by molar-refractivity contribution is 5.99. The number of hydrogen-bond acceptors (Lipinski definition) is 9. The number of aromatic nitrogens is 5. The van der Waals surface area contributed by atoms with Gasteiger partial charge in [-0.1, -0.05) is 20.8 Å². The lowest BCUT2D eigenvalue weighted by Crippen LogP contribution is -2.40. The summed E-state index contributed by atoms with van der Waals surface area (Å²) in [7, 11) is 0. The predicted molar refractivity (Wildman–Crippen MR) is 171 cm³/mol. The molecule has 0 spiro atoms. The van der Waals surface area contributed by atoms with Gasteiger partial charge in [-0.3, -0.25) is 4.98 Å². The summed E-state index contributed by atoms with van der Waals surface area (Å²) < 4.78 is 13.1. The first-order valence-corrected chi connectivity index (χ1v) is 15.3. The van der Waals surface area contributed by atoms with Crippen molar-refractivity contribution in [2.24, 2.45) is 5.41 Å². The summed E-state index contributed by atoms with van der Waals surface area (Å²) in [5.74, 6) is 1.39. The van der Waals surface area contributed by atoms with Crippen molar-refractivity contribution in [2.75, 3.05) is 61.5 Å². The molecular weight excluding hydrogens is 574 g/mol. The minimum Gasteiger partial charge on any atom is -0.449 e. The average Bonchev–Trinajstić information content (AvgIpc) is 3.48. The van der Waals surface area contributed by atoms with E-state index < -0.39 is 0 Å². The third-order valence-corrected chi connectivity index (χ3v) is 7.76. The molecule has 3 amide bonds. The quantitative estimate of drug-likeness (QED) is 0.301. The fourth-order valence-electron chi connectivity index (χ4n) is 5.42. The molecule has 2 saturated heterocycles. The molecule has 2 aliphatic heterocycles. The molecule has 45 heavy (non-hydrogen) atoms. The second kappa shape index (κ2) is 13.1. The van der Waals surface area contributed by atoms with Crippen LogP contribution in [0.3, 0.4) is 0 Å². The van der Waals surface area contributed by atoms with E-state index in [1.807, 2.05) is 55.9 Å². The molecule has 3 aromatic heterocycles. The molecule has 236 valence electrons. The minimum absolute atomic E-state index is 0.0801. The van der Waals surface area contributed by atoms with Crippen LogP contribution in [0.25, 0.3) is 22.4 Å². The highest BCUT2D eigenvalue weighted by Gasteiger charge is 2.29. The molecule has 0 aliphatic carbocycles. The number of amides is 3. The fourth-order valence-corrected chi connectivity index (χ4v) is 5.42. The van der Waals surface area contributed by atoms with E-state index in [0.29, 0.717) is 50.1 Å². The van der Waals surface area contributed by atoms with Crippen LogP contribution in [-0.4, -0.2) is 87.8 Å². The molecule has 2 aliphatic rings. The second-order valence-electron chi connectivity index (χ2n) is 12.5. The Morgan fingerprint density at radius 2 is 1.69 bits per heavy atom. The van der Waals surface area contributed by atoms with Crippen LogP contribution < -0.4 is 15.5 Å². The number of nitrogens with one attached hydrogen (secondary N) is 2. The van der Waals surface area contributed by atoms with Crippen LogP contribution >= 0.6 is 0 Å². The number of benzene rings is 1. The first-order valence-electron chi connectivity index (χ1n) is 15.3. The SMILES string of the molecule is CC(C)(C)COC(=O)N1CCC(n2ncc3c(N4CCOCC4)nc(-c4ccc(NC(=O)Nc5cccnc5)cc4)nc32)CC1. The number of morpholine rings is 1. The number of piperidine rings is 1. The zero-order valence-corrected chi connectivity index (χ0v) is 25.9. The highest BCUT2D eigenvalue weighted by Crippen LogP contribution is 2.32. The largest absolute Gasteiger partial charge is 0.449 e. The number of hydrogen-bond donors (Lipinski definition) is 2. The van der Waals surface area contributed by atoms with E-state index in [2.05, 4.69) is 20.5 Å². The van der Waals surface area contributed by atoms with E-state index >= 15 is 0 Å². The Morgan fingerprint density at radius 1 is 0.956 bits per heavy atom. The monoisotopic (exact) mass is 613 g/mol. The molecule has 2 fully saturated rings. The Morgan fingerprint density at radius 3 is 2.38 bits per heavy atom. The summed E-state index contributed by atoms with van der Waals surface area (Å²) in [5.41, 5.74) is 2.73. The Balaban J connectivity index is 1.22. The summed E-state index contributed by atoms with van der Waals surface area (Å²) in [4.78, 5) is 43.1. The molecule has 5 heterocycles. The fraction of sp³-hybridized carbons (Fsp3) is 0.438. The van der Waals surface area contributed by atoms with Gasteiger partial charge in [0, 0.05) is 43.6 Å². The number of ether oxygens (including phenoxy) is 2. The van der Waals surface area contributed by atoms with Crippen molar-refractivity contribution in [1.82, 2.24) is 29.6 Å². The predicted octanol–water partition coefficient (Wildman–Crippen LogP) is 5.19. The number of nitrogens with zero attached hydrogens (tertiary/aromatic N) is 7. The molecule has 1 aromatic carbocycles. The highest BCUT2D eigenvalue weighted by atomic mass is 16.6. The van der Waals surface area contributed by atoms with Crippen molar-refractivity contribution in [2.45, 2.75) is 39.7 Å². The number of pyridine rings is 1. The lowest BCUT2D eigenvalue weighted by Gasteiger charge is -2.32. The maximum atomic E-state index is 12.7. The first-order chi connectivity index (χ1) is 21.7. The van der Waals surface area contributed by atoms with E-state index in [1.165, 1.54) is 0 Å². The first kappa shape index (κ1) is 30.3. The molecule has 0 radical (unpaired) electrons. The second-order valence-corrected chi connectivity index (χ2v) is 12.5. The van der Waals surface area contributed by atoms with Gasteiger partial charge in [0.25, 0.3) is 0 Å². The number of likely N-dealkylation sites (tertiary alicyclic amines) is 1. The summed E-state index contributed by atoms with van der Waals surface area (Å²) in [6.07, 6.45) is 6.31. The van der Waals surface area contributed by atoms with Crippen LogP contribution in [0, 0.1) is 5.41 Å². The van der Waals surface area contributed by atoms with Crippen LogP contribution in [0.2, 0.25) is 0 Å². The zero-order chi connectivity index (χ0) is 31.4. The van der Waals surface area contributed by atoms with E-state index in [0.717, 1.165) is 48.3 Å². The lowest BCUT2D eigenvalue weighted by atomic mass is 9.99. The van der Waals surface area contributed by atoms with Gasteiger partial charge in [-0.05, 0) is 54.7 Å². The minimum atomic E-state index is -0.361.